The third-order valence-electron chi connectivity index (χ3n) is 4.87. The largest absolute Gasteiger partial charge is 0.497 e. The molecule has 0 radical (unpaired) electrons. The maximum absolute atomic E-state index is 11.3. The van der Waals surface area contributed by atoms with Crippen molar-refractivity contribution in [1.29, 1.82) is 0 Å². The van der Waals surface area contributed by atoms with Crippen LogP contribution in [0, 0.1) is 13.8 Å². The highest BCUT2D eigenvalue weighted by atomic mass is 16.5. The van der Waals surface area contributed by atoms with Crippen molar-refractivity contribution < 1.29 is 33.0 Å². The smallest absolute Gasteiger partial charge is 0.339 e. The van der Waals surface area contributed by atoms with E-state index in [2.05, 4.69) is 0 Å². The molecule has 0 saturated carbocycles. The monoisotopic (exact) mass is 463 g/mol. The standard InChI is InChI=1S/C13H13NO3.C13H12O4/c2*1-8-6-11(13(14)15)12(17-8)9-4-3-5-10(7-9)16-2/h3-7H,1-2H3,(H2,14,15);3-7H,1-2H3,(H,14,15). The molecule has 0 aliphatic heterocycles. The zero-order valence-corrected chi connectivity index (χ0v) is 19.2. The fourth-order valence-corrected chi connectivity index (χ4v) is 3.33. The van der Waals surface area contributed by atoms with Gasteiger partial charge in [0.2, 0.25) is 0 Å². The van der Waals surface area contributed by atoms with Crippen molar-refractivity contribution in [2.75, 3.05) is 14.2 Å². The Morgan fingerprint density at radius 2 is 1.21 bits per heavy atom. The number of carbonyl (C=O) groups is 2. The van der Waals surface area contributed by atoms with Crippen LogP contribution >= 0.6 is 0 Å². The lowest BCUT2D eigenvalue weighted by Crippen LogP contribution is -2.10. The van der Waals surface area contributed by atoms with E-state index in [1.807, 2.05) is 18.2 Å². The lowest BCUT2D eigenvalue weighted by atomic mass is 10.1. The quantitative estimate of drug-likeness (QED) is 0.396. The zero-order valence-electron chi connectivity index (χ0n) is 19.2. The summed E-state index contributed by atoms with van der Waals surface area (Å²) in [6.45, 7) is 3.49. The first-order valence-electron chi connectivity index (χ1n) is 10.3. The van der Waals surface area contributed by atoms with E-state index in [0.29, 0.717) is 45.7 Å². The van der Waals surface area contributed by atoms with Crippen LogP contribution < -0.4 is 15.2 Å². The molecule has 0 unspecified atom stereocenters. The molecule has 4 rings (SSSR count). The maximum Gasteiger partial charge on any atom is 0.339 e. The number of aryl methyl sites for hydroxylation is 2. The maximum atomic E-state index is 11.3. The van der Waals surface area contributed by atoms with Crippen LogP contribution in [-0.2, 0) is 0 Å². The summed E-state index contributed by atoms with van der Waals surface area (Å²) in [5.41, 5.74) is 7.31. The number of rotatable bonds is 6. The van der Waals surface area contributed by atoms with Gasteiger partial charge in [-0.05, 0) is 50.2 Å². The van der Waals surface area contributed by atoms with E-state index in [-0.39, 0.29) is 5.56 Å². The Labute approximate surface area is 196 Å². The van der Waals surface area contributed by atoms with Gasteiger partial charge in [-0.15, -0.1) is 0 Å². The van der Waals surface area contributed by atoms with Gasteiger partial charge in [-0.1, -0.05) is 24.3 Å². The molecule has 176 valence electrons. The van der Waals surface area contributed by atoms with E-state index in [1.54, 1.807) is 64.5 Å². The number of furan rings is 2. The average Bonchev–Trinajstić information content (AvgIpc) is 3.42. The van der Waals surface area contributed by atoms with Gasteiger partial charge in [0.1, 0.15) is 40.1 Å². The van der Waals surface area contributed by atoms with E-state index in [0.717, 1.165) is 5.56 Å². The van der Waals surface area contributed by atoms with Crippen LogP contribution in [0.5, 0.6) is 11.5 Å². The molecule has 2 heterocycles. The van der Waals surface area contributed by atoms with Gasteiger partial charge in [0, 0.05) is 11.1 Å². The third kappa shape index (κ3) is 5.47. The Bertz CT molecular complexity index is 1210. The first kappa shape index (κ1) is 24.2. The van der Waals surface area contributed by atoms with Crippen molar-refractivity contribution in [3.63, 3.8) is 0 Å². The Morgan fingerprint density at radius 3 is 1.62 bits per heavy atom. The molecule has 2 aromatic carbocycles. The number of ether oxygens (including phenoxy) is 2. The predicted octanol–water partition coefficient (Wildman–Crippen LogP) is 5.32. The molecule has 0 aliphatic carbocycles. The highest BCUT2D eigenvalue weighted by molar-refractivity contribution is 5.98. The van der Waals surface area contributed by atoms with Gasteiger partial charge in [-0.2, -0.15) is 0 Å². The number of amides is 1. The van der Waals surface area contributed by atoms with Crippen molar-refractivity contribution in [3.8, 4) is 34.1 Å². The summed E-state index contributed by atoms with van der Waals surface area (Å²) < 4.78 is 21.2. The Kier molecular flexibility index (Phi) is 7.43. The number of benzene rings is 2. The third-order valence-corrected chi connectivity index (χ3v) is 4.87. The summed E-state index contributed by atoms with van der Waals surface area (Å²) in [6, 6.07) is 17.5. The highest BCUT2D eigenvalue weighted by Crippen LogP contribution is 2.30. The van der Waals surface area contributed by atoms with Crippen LogP contribution in [-0.4, -0.2) is 31.2 Å². The first-order valence-corrected chi connectivity index (χ1v) is 10.3. The fraction of sp³-hybridized carbons (Fsp3) is 0.154. The van der Waals surface area contributed by atoms with Crippen molar-refractivity contribution in [2.24, 2.45) is 5.73 Å². The van der Waals surface area contributed by atoms with Gasteiger partial charge in [-0.3, -0.25) is 4.79 Å². The van der Waals surface area contributed by atoms with Gasteiger partial charge in [0.25, 0.3) is 5.91 Å². The van der Waals surface area contributed by atoms with Gasteiger partial charge in [0.15, 0.2) is 0 Å². The minimum absolute atomic E-state index is 0.163. The zero-order chi connectivity index (χ0) is 24.8. The second-order valence-electron chi connectivity index (χ2n) is 7.33. The van der Waals surface area contributed by atoms with Crippen molar-refractivity contribution >= 4 is 11.9 Å². The summed E-state index contributed by atoms with van der Waals surface area (Å²) in [5, 5.41) is 9.08. The van der Waals surface area contributed by atoms with Crippen molar-refractivity contribution in [3.05, 3.63) is 83.3 Å². The number of primary amides is 1. The lowest BCUT2D eigenvalue weighted by molar-refractivity contribution is 0.0697. The number of carboxylic acids is 1. The van der Waals surface area contributed by atoms with Crippen LogP contribution in [0.4, 0.5) is 0 Å². The molecule has 0 saturated heterocycles. The molecule has 0 aliphatic rings. The molecule has 8 heteroatoms. The number of aromatic carboxylic acids is 1. The number of hydrogen-bond donors (Lipinski definition) is 2. The molecule has 0 fully saturated rings. The predicted molar refractivity (Wildman–Crippen MR) is 126 cm³/mol. The molecule has 8 nitrogen and oxygen atoms in total. The van der Waals surface area contributed by atoms with Crippen LogP contribution in [0.2, 0.25) is 0 Å². The molecule has 4 aromatic rings. The summed E-state index contributed by atoms with van der Waals surface area (Å²) in [5.74, 6) is 1.92. The number of nitrogens with two attached hydrogens (primary N) is 1. The van der Waals surface area contributed by atoms with Crippen LogP contribution in [0.1, 0.15) is 32.2 Å². The molecule has 3 N–H and O–H groups in total. The van der Waals surface area contributed by atoms with Crippen LogP contribution in [0.15, 0.2) is 69.5 Å². The molecular weight excluding hydrogens is 438 g/mol. The van der Waals surface area contributed by atoms with Crippen molar-refractivity contribution in [1.82, 2.24) is 0 Å². The number of hydrogen-bond acceptors (Lipinski definition) is 6. The van der Waals surface area contributed by atoms with Crippen LogP contribution in [0.25, 0.3) is 22.6 Å². The molecule has 0 bridgehead atoms. The van der Waals surface area contributed by atoms with E-state index in [9.17, 15) is 9.59 Å². The Balaban J connectivity index is 0.000000191. The SMILES string of the molecule is COc1cccc(-c2oc(C)cc2C(=O)O)c1.COc1cccc(-c2oc(C)cc2C(N)=O)c1. The van der Waals surface area contributed by atoms with E-state index in [4.69, 9.17) is 29.1 Å². The van der Waals surface area contributed by atoms with E-state index < -0.39 is 11.9 Å². The molecule has 0 spiro atoms. The Morgan fingerprint density at radius 1 is 0.765 bits per heavy atom. The molecule has 0 atom stereocenters. The second-order valence-corrected chi connectivity index (χ2v) is 7.33. The minimum Gasteiger partial charge on any atom is -0.497 e. The van der Waals surface area contributed by atoms with E-state index in [1.165, 1.54) is 6.07 Å². The average molecular weight is 463 g/mol. The lowest BCUT2D eigenvalue weighted by Gasteiger charge is -2.03. The summed E-state index contributed by atoms with van der Waals surface area (Å²) >= 11 is 0. The van der Waals surface area contributed by atoms with Gasteiger partial charge < -0.3 is 29.1 Å². The number of carboxylic acid groups (broad SMARTS) is 1. The summed E-state index contributed by atoms with van der Waals surface area (Å²) in [6.07, 6.45) is 0. The van der Waals surface area contributed by atoms with Crippen LogP contribution in [0.3, 0.4) is 0 Å². The molecule has 34 heavy (non-hydrogen) atoms. The number of carbonyl (C=O) groups excluding carboxylic acids is 1. The summed E-state index contributed by atoms with van der Waals surface area (Å²) in [7, 11) is 3.14. The summed E-state index contributed by atoms with van der Waals surface area (Å²) in [4.78, 5) is 22.4. The topological polar surface area (TPSA) is 125 Å². The highest BCUT2D eigenvalue weighted by Gasteiger charge is 2.18. The van der Waals surface area contributed by atoms with Gasteiger partial charge in [0.05, 0.1) is 19.8 Å². The second kappa shape index (κ2) is 10.4. The van der Waals surface area contributed by atoms with Gasteiger partial charge >= 0.3 is 5.97 Å². The van der Waals surface area contributed by atoms with Gasteiger partial charge in [-0.25, -0.2) is 4.79 Å². The molecule has 1 amide bonds. The van der Waals surface area contributed by atoms with Crippen molar-refractivity contribution in [2.45, 2.75) is 13.8 Å². The first-order chi connectivity index (χ1) is 16.2. The minimum atomic E-state index is -1.00. The normalized spacial score (nSPS) is 10.2. The molecule has 2 aromatic heterocycles. The van der Waals surface area contributed by atoms with E-state index >= 15 is 0 Å². The fourth-order valence-electron chi connectivity index (χ4n) is 3.33. The molecular formula is C26H25NO7. The number of methoxy groups -OCH3 is 2. The Hall–Kier alpha value is -4.46.